The minimum absolute atomic E-state index is 0.432. The molecule has 1 saturated carbocycles. The third kappa shape index (κ3) is 3.33. The van der Waals surface area contributed by atoms with Crippen LogP contribution in [0.3, 0.4) is 0 Å². The Bertz CT molecular complexity index is 352. The third-order valence-electron chi connectivity index (χ3n) is 4.06. The van der Waals surface area contributed by atoms with Gasteiger partial charge in [0.1, 0.15) is 0 Å². The molecule has 2 N–H and O–H groups in total. The number of rotatable bonds is 5. The highest BCUT2D eigenvalue weighted by Gasteiger charge is 2.24. The Labute approximate surface area is 110 Å². The van der Waals surface area contributed by atoms with E-state index in [0.717, 1.165) is 6.54 Å². The highest BCUT2D eigenvalue weighted by Crippen LogP contribution is 2.23. The first-order valence-electron chi connectivity index (χ1n) is 7.17. The first kappa shape index (κ1) is 13.6. The van der Waals surface area contributed by atoms with Crippen molar-refractivity contribution in [2.24, 2.45) is 12.8 Å². The van der Waals surface area contributed by atoms with Gasteiger partial charge in [-0.05, 0) is 44.7 Å². The van der Waals surface area contributed by atoms with Crippen molar-refractivity contribution >= 4 is 0 Å². The molecule has 1 heterocycles. The largest absolute Gasteiger partial charge is 0.328 e. The van der Waals surface area contributed by atoms with Crippen molar-refractivity contribution in [2.45, 2.75) is 57.7 Å². The van der Waals surface area contributed by atoms with Gasteiger partial charge in [-0.3, -0.25) is 9.58 Å². The Morgan fingerprint density at radius 2 is 2.11 bits per heavy atom. The molecule has 102 valence electrons. The quantitative estimate of drug-likeness (QED) is 0.868. The predicted octanol–water partition coefficient (Wildman–Crippen LogP) is 1.90. The van der Waals surface area contributed by atoms with Gasteiger partial charge in [-0.25, -0.2) is 0 Å². The van der Waals surface area contributed by atoms with Gasteiger partial charge < -0.3 is 5.73 Å². The zero-order valence-corrected chi connectivity index (χ0v) is 11.7. The minimum Gasteiger partial charge on any atom is -0.328 e. The van der Waals surface area contributed by atoms with Gasteiger partial charge in [-0.2, -0.15) is 5.10 Å². The number of nitrogens with two attached hydrogens (primary N) is 1. The second kappa shape index (κ2) is 6.34. The molecule has 1 fully saturated rings. The number of hydrogen-bond acceptors (Lipinski definition) is 3. The number of nitrogens with zero attached hydrogens (tertiary/aromatic N) is 3. The van der Waals surface area contributed by atoms with Crippen LogP contribution in [0.4, 0.5) is 0 Å². The highest BCUT2D eigenvalue weighted by atomic mass is 15.3. The lowest BCUT2D eigenvalue weighted by Gasteiger charge is -2.36. The van der Waals surface area contributed by atoms with Crippen LogP contribution in [-0.2, 0) is 13.6 Å². The van der Waals surface area contributed by atoms with Gasteiger partial charge >= 0.3 is 0 Å². The zero-order valence-electron chi connectivity index (χ0n) is 11.7. The molecule has 2 rings (SSSR count). The molecule has 0 atom stereocenters. The van der Waals surface area contributed by atoms with E-state index in [1.807, 2.05) is 17.9 Å². The summed E-state index contributed by atoms with van der Waals surface area (Å²) >= 11 is 0. The first-order valence-corrected chi connectivity index (χ1v) is 7.17. The lowest BCUT2D eigenvalue weighted by molar-refractivity contribution is 0.139. The molecule has 0 unspecified atom stereocenters. The fourth-order valence-electron chi connectivity index (χ4n) is 2.91. The lowest BCUT2D eigenvalue weighted by Crippen LogP contribution is -2.41. The summed E-state index contributed by atoms with van der Waals surface area (Å²) in [6, 6.07) is 3.26. The van der Waals surface area contributed by atoms with Gasteiger partial charge in [0.15, 0.2) is 0 Å². The van der Waals surface area contributed by atoms with Crippen LogP contribution >= 0.6 is 0 Å². The Morgan fingerprint density at radius 1 is 1.39 bits per heavy atom. The molecule has 0 saturated heterocycles. The number of aryl methyl sites for hydroxylation is 1. The zero-order chi connectivity index (χ0) is 13.0. The molecule has 4 heteroatoms. The molecular weight excluding hydrogens is 224 g/mol. The maximum Gasteiger partial charge on any atom is 0.0521 e. The number of aromatic nitrogens is 2. The normalized spacial score (nSPS) is 24.7. The Kier molecular flexibility index (Phi) is 4.78. The summed E-state index contributed by atoms with van der Waals surface area (Å²) in [6.07, 6.45) is 7.95. The van der Waals surface area contributed by atoms with E-state index >= 15 is 0 Å². The topological polar surface area (TPSA) is 47.1 Å². The molecule has 4 nitrogen and oxygen atoms in total. The van der Waals surface area contributed by atoms with E-state index in [2.05, 4.69) is 23.0 Å². The van der Waals surface area contributed by atoms with Crippen LogP contribution in [0, 0.1) is 0 Å². The van der Waals surface area contributed by atoms with Crippen LogP contribution in [0.1, 0.15) is 44.7 Å². The molecule has 0 aliphatic heterocycles. The maximum atomic E-state index is 6.00. The van der Waals surface area contributed by atoms with Crippen molar-refractivity contribution < 1.29 is 0 Å². The van der Waals surface area contributed by atoms with E-state index in [9.17, 15) is 0 Å². The standard InChI is InChI=1S/C14H26N4/c1-3-10-18(11-14-8-9-16-17(14)2)13-6-4-12(15)5-7-13/h8-9,12-13H,3-7,10-11,15H2,1-2H3. The monoisotopic (exact) mass is 250 g/mol. The van der Waals surface area contributed by atoms with Gasteiger partial charge in [0.25, 0.3) is 0 Å². The SMILES string of the molecule is CCCN(Cc1ccnn1C)C1CCC(N)CC1. The second-order valence-electron chi connectivity index (χ2n) is 5.49. The van der Waals surface area contributed by atoms with Crippen LogP contribution in [0.15, 0.2) is 12.3 Å². The van der Waals surface area contributed by atoms with Crippen LogP contribution < -0.4 is 5.73 Å². The molecule has 1 aromatic heterocycles. The third-order valence-corrected chi connectivity index (χ3v) is 4.06. The van der Waals surface area contributed by atoms with E-state index in [-0.39, 0.29) is 0 Å². The first-order chi connectivity index (χ1) is 8.70. The smallest absolute Gasteiger partial charge is 0.0521 e. The lowest BCUT2D eigenvalue weighted by atomic mass is 9.90. The second-order valence-corrected chi connectivity index (χ2v) is 5.49. The Morgan fingerprint density at radius 3 is 2.67 bits per heavy atom. The molecule has 0 radical (unpaired) electrons. The van der Waals surface area contributed by atoms with Crippen molar-refractivity contribution in [1.29, 1.82) is 0 Å². The Hall–Kier alpha value is -0.870. The summed E-state index contributed by atoms with van der Waals surface area (Å²) < 4.78 is 1.98. The van der Waals surface area contributed by atoms with Crippen LogP contribution in [0.2, 0.25) is 0 Å². The van der Waals surface area contributed by atoms with Gasteiger partial charge in [0.2, 0.25) is 0 Å². The molecule has 0 amide bonds. The molecule has 0 bridgehead atoms. The van der Waals surface area contributed by atoms with E-state index in [1.54, 1.807) is 0 Å². The molecule has 18 heavy (non-hydrogen) atoms. The molecule has 1 aliphatic carbocycles. The van der Waals surface area contributed by atoms with Crippen molar-refractivity contribution in [1.82, 2.24) is 14.7 Å². The fourth-order valence-corrected chi connectivity index (χ4v) is 2.91. The van der Waals surface area contributed by atoms with Gasteiger partial charge in [0.05, 0.1) is 5.69 Å². The minimum atomic E-state index is 0.432. The maximum absolute atomic E-state index is 6.00. The van der Waals surface area contributed by atoms with Crippen molar-refractivity contribution in [2.75, 3.05) is 6.54 Å². The number of hydrogen-bond donors (Lipinski definition) is 1. The average Bonchev–Trinajstić information content (AvgIpc) is 2.76. The summed E-state index contributed by atoms with van der Waals surface area (Å²) in [6.45, 7) is 4.44. The molecule has 0 spiro atoms. The van der Waals surface area contributed by atoms with Crippen molar-refractivity contribution in [3.63, 3.8) is 0 Å². The summed E-state index contributed by atoms with van der Waals surface area (Å²) in [7, 11) is 2.02. The predicted molar refractivity (Wildman–Crippen MR) is 74.1 cm³/mol. The van der Waals surface area contributed by atoms with Gasteiger partial charge in [0, 0.05) is 31.9 Å². The average molecular weight is 250 g/mol. The molecular formula is C14H26N4. The van der Waals surface area contributed by atoms with Crippen molar-refractivity contribution in [3.8, 4) is 0 Å². The van der Waals surface area contributed by atoms with Crippen LogP contribution in [-0.4, -0.2) is 33.3 Å². The summed E-state index contributed by atoms with van der Waals surface area (Å²) in [5.74, 6) is 0. The van der Waals surface area contributed by atoms with E-state index in [1.165, 1.54) is 44.3 Å². The molecule has 1 aromatic rings. The van der Waals surface area contributed by atoms with E-state index < -0.39 is 0 Å². The fraction of sp³-hybridized carbons (Fsp3) is 0.786. The highest BCUT2D eigenvalue weighted by molar-refractivity contribution is 5.00. The summed E-state index contributed by atoms with van der Waals surface area (Å²) in [5, 5.41) is 4.26. The van der Waals surface area contributed by atoms with E-state index in [0.29, 0.717) is 12.1 Å². The Balaban J connectivity index is 1.97. The summed E-state index contributed by atoms with van der Waals surface area (Å²) in [5.41, 5.74) is 7.30. The van der Waals surface area contributed by atoms with Crippen LogP contribution in [0.5, 0.6) is 0 Å². The molecule has 0 aromatic carbocycles. The van der Waals surface area contributed by atoms with Crippen molar-refractivity contribution in [3.05, 3.63) is 18.0 Å². The van der Waals surface area contributed by atoms with Crippen LogP contribution in [0.25, 0.3) is 0 Å². The molecule has 1 aliphatic rings. The van der Waals surface area contributed by atoms with E-state index in [4.69, 9.17) is 5.73 Å². The van der Waals surface area contributed by atoms with Gasteiger partial charge in [-0.15, -0.1) is 0 Å². The van der Waals surface area contributed by atoms with Gasteiger partial charge in [-0.1, -0.05) is 6.92 Å². The summed E-state index contributed by atoms with van der Waals surface area (Å²) in [4.78, 5) is 2.61.